The Labute approximate surface area is 149 Å². The maximum Gasteiger partial charge on any atom is 0.272 e. The number of sulfonamides is 1. The van der Waals surface area contributed by atoms with E-state index in [1.165, 1.54) is 25.3 Å². The second-order valence-corrected chi connectivity index (χ2v) is 7.88. The number of ether oxygens (including phenoxy) is 1. The van der Waals surface area contributed by atoms with Gasteiger partial charge in [0.2, 0.25) is 10.0 Å². The minimum atomic E-state index is -3.89. The largest absolute Gasteiger partial charge is 0.495 e. The zero-order valence-corrected chi connectivity index (χ0v) is 15.8. The fourth-order valence-electron chi connectivity index (χ4n) is 2.20. The normalized spacial score (nSPS) is 11.6. The van der Waals surface area contributed by atoms with E-state index in [1.807, 2.05) is 13.8 Å². The van der Waals surface area contributed by atoms with E-state index in [9.17, 15) is 13.2 Å². The molecule has 0 aliphatic rings. The molecule has 7 nitrogen and oxygen atoms in total. The predicted molar refractivity (Wildman–Crippen MR) is 94.8 cm³/mol. The molecular formula is C15H18BrN3O4S. The van der Waals surface area contributed by atoms with Crippen molar-refractivity contribution in [2.24, 2.45) is 5.14 Å². The van der Waals surface area contributed by atoms with Crippen molar-refractivity contribution in [3.05, 3.63) is 40.6 Å². The third-order valence-electron chi connectivity index (χ3n) is 3.35. The number of benzene rings is 1. The third kappa shape index (κ3) is 3.97. The molecule has 2 aromatic rings. The Balaban J connectivity index is 2.42. The van der Waals surface area contributed by atoms with Gasteiger partial charge in [0.25, 0.3) is 5.91 Å². The van der Waals surface area contributed by atoms with Gasteiger partial charge < -0.3 is 14.6 Å². The molecule has 1 aromatic heterocycles. The van der Waals surface area contributed by atoms with Crippen LogP contribution in [0.5, 0.6) is 5.75 Å². The molecule has 0 saturated heterocycles. The van der Waals surface area contributed by atoms with Crippen LogP contribution in [-0.2, 0) is 10.0 Å². The number of methoxy groups -OCH3 is 1. The summed E-state index contributed by atoms with van der Waals surface area (Å²) in [4.78, 5) is 12.5. The summed E-state index contributed by atoms with van der Waals surface area (Å²) in [6.45, 7) is 3.90. The van der Waals surface area contributed by atoms with E-state index >= 15 is 0 Å². The second-order valence-electron chi connectivity index (χ2n) is 5.41. The van der Waals surface area contributed by atoms with Crippen LogP contribution in [0.1, 0.15) is 30.4 Å². The van der Waals surface area contributed by atoms with Crippen LogP contribution < -0.4 is 15.2 Å². The van der Waals surface area contributed by atoms with E-state index in [-0.39, 0.29) is 22.5 Å². The molecule has 1 amide bonds. The highest BCUT2D eigenvalue weighted by atomic mass is 79.9. The molecule has 0 saturated carbocycles. The van der Waals surface area contributed by atoms with Gasteiger partial charge in [0.1, 0.15) is 11.4 Å². The van der Waals surface area contributed by atoms with Crippen LogP contribution in [0.2, 0.25) is 0 Å². The molecule has 0 fully saturated rings. The molecule has 9 heteroatoms. The van der Waals surface area contributed by atoms with Crippen molar-refractivity contribution >= 4 is 37.5 Å². The average molecular weight is 416 g/mol. The fourth-order valence-corrected chi connectivity index (χ4v) is 3.18. The van der Waals surface area contributed by atoms with Gasteiger partial charge in [-0.05, 0) is 54.0 Å². The van der Waals surface area contributed by atoms with Crippen LogP contribution in [0, 0.1) is 0 Å². The Hall–Kier alpha value is -1.84. The van der Waals surface area contributed by atoms with Crippen molar-refractivity contribution in [3.8, 4) is 5.75 Å². The molecule has 2 rings (SSSR count). The zero-order valence-electron chi connectivity index (χ0n) is 13.4. The first kappa shape index (κ1) is 18.5. The summed E-state index contributed by atoms with van der Waals surface area (Å²) in [5.74, 6) is -0.0586. The quantitative estimate of drug-likeness (QED) is 0.782. The lowest BCUT2D eigenvalue weighted by molar-refractivity contribution is 0.101. The van der Waals surface area contributed by atoms with E-state index < -0.39 is 10.0 Å². The Morgan fingerprint density at radius 1 is 1.33 bits per heavy atom. The van der Waals surface area contributed by atoms with Gasteiger partial charge in [-0.2, -0.15) is 0 Å². The van der Waals surface area contributed by atoms with Gasteiger partial charge in [-0.1, -0.05) is 0 Å². The summed E-state index contributed by atoms with van der Waals surface area (Å²) in [5, 5.41) is 7.81. The highest BCUT2D eigenvalue weighted by Gasteiger charge is 2.18. The number of anilines is 1. The van der Waals surface area contributed by atoms with Crippen LogP contribution >= 0.6 is 15.9 Å². The maximum atomic E-state index is 12.6. The number of primary sulfonamides is 1. The summed E-state index contributed by atoms with van der Waals surface area (Å²) >= 11 is 3.35. The maximum absolute atomic E-state index is 12.6. The molecule has 24 heavy (non-hydrogen) atoms. The number of rotatable bonds is 5. The number of halogens is 1. The molecule has 0 unspecified atom stereocenters. The number of carbonyl (C=O) groups excluding carboxylic acids is 1. The van der Waals surface area contributed by atoms with Gasteiger partial charge in [0.15, 0.2) is 0 Å². The van der Waals surface area contributed by atoms with Crippen LogP contribution in [0.4, 0.5) is 5.69 Å². The number of nitrogens with one attached hydrogen (secondary N) is 1. The van der Waals surface area contributed by atoms with Crippen LogP contribution in [-0.4, -0.2) is 26.0 Å². The minimum absolute atomic E-state index is 0.0784. The summed E-state index contributed by atoms with van der Waals surface area (Å²) in [6.07, 6.45) is 1.80. The molecule has 0 radical (unpaired) electrons. The number of aromatic nitrogens is 1. The first-order chi connectivity index (χ1) is 11.1. The van der Waals surface area contributed by atoms with E-state index in [2.05, 4.69) is 21.2 Å². The predicted octanol–water partition coefficient (Wildman–Crippen LogP) is 2.74. The lowest BCUT2D eigenvalue weighted by atomic mass is 10.2. The van der Waals surface area contributed by atoms with Crippen molar-refractivity contribution in [2.45, 2.75) is 24.8 Å². The van der Waals surface area contributed by atoms with Crippen molar-refractivity contribution in [1.29, 1.82) is 0 Å². The number of nitrogens with zero attached hydrogens (tertiary/aromatic N) is 1. The molecule has 1 heterocycles. The van der Waals surface area contributed by atoms with Crippen LogP contribution in [0.3, 0.4) is 0 Å². The number of amides is 1. The van der Waals surface area contributed by atoms with E-state index in [4.69, 9.17) is 9.88 Å². The molecular weight excluding hydrogens is 398 g/mol. The summed E-state index contributed by atoms with van der Waals surface area (Å²) in [7, 11) is -2.46. The third-order valence-corrected chi connectivity index (χ3v) is 4.70. The number of nitrogens with two attached hydrogens (primary N) is 1. The second kappa shape index (κ2) is 6.96. The lowest BCUT2D eigenvalue weighted by Gasteiger charge is -2.14. The molecule has 0 atom stereocenters. The lowest BCUT2D eigenvalue weighted by Crippen LogP contribution is -2.19. The Morgan fingerprint density at radius 3 is 2.54 bits per heavy atom. The van der Waals surface area contributed by atoms with Crippen molar-refractivity contribution in [3.63, 3.8) is 0 Å². The van der Waals surface area contributed by atoms with Crippen molar-refractivity contribution < 1.29 is 17.9 Å². The summed E-state index contributed by atoms with van der Waals surface area (Å²) in [6, 6.07) is 5.79. The standard InChI is InChI=1S/C15H18BrN3O4S/c1-9(2)19-8-10(16)6-13(19)15(20)18-12-7-11(24(17,21)22)4-5-14(12)23-3/h4-9H,1-3H3,(H,18,20)(H2,17,21,22). The van der Waals surface area contributed by atoms with Crippen LogP contribution in [0.25, 0.3) is 0 Å². The monoisotopic (exact) mass is 415 g/mol. The minimum Gasteiger partial charge on any atom is -0.495 e. The first-order valence-corrected chi connectivity index (χ1v) is 9.37. The summed E-state index contributed by atoms with van der Waals surface area (Å²) in [5.41, 5.74) is 0.654. The smallest absolute Gasteiger partial charge is 0.272 e. The van der Waals surface area contributed by atoms with E-state index in [0.29, 0.717) is 11.4 Å². The van der Waals surface area contributed by atoms with Crippen molar-refractivity contribution in [2.75, 3.05) is 12.4 Å². The Kier molecular flexibility index (Phi) is 5.36. The van der Waals surface area contributed by atoms with Gasteiger partial charge in [0.05, 0.1) is 17.7 Å². The summed E-state index contributed by atoms with van der Waals surface area (Å²) < 4.78 is 30.7. The molecule has 0 spiro atoms. The Bertz CT molecular complexity index is 875. The molecule has 3 N–H and O–H groups in total. The molecule has 130 valence electrons. The SMILES string of the molecule is COc1ccc(S(N)(=O)=O)cc1NC(=O)c1cc(Br)cn1C(C)C. The van der Waals surface area contributed by atoms with Crippen LogP contribution in [0.15, 0.2) is 39.8 Å². The van der Waals surface area contributed by atoms with E-state index in [0.717, 1.165) is 4.47 Å². The van der Waals surface area contributed by atoms with Gasteiger partial charge in [0, 0.05) is 16.7 Å². The fraction of sp³-hybridized carbons (Fsp3) is 0.267. The number of hydrogen-bond acceptors (Lipinski definition) is 4. The molecule has 1 aromatic carbocycles. The van der Waals surface area contributed by atoms with Gasteiger partial charge in [-0.15, -0.1) is 0 Å². The zero-order chi connectivity index (χ0) is 18.1. The highest BCUT2D eigenvalue weighted by molar-refractivity contribution is 9.10. The first-order valence-electron chi connectivity index (χ1n) is 7.03. The van der Waals surface area contributed by atoms with Crippen molar-refractivity contribution in [1.82, 2.24) is 4.57 Å². The molecule has 0 bridgehead atoms. The number of hydrogen-bond donors (Lipinski definition) is 2. The topological polar surface area (TPSA) is 103 Å². The van der Waals surface area contributed by atoms with Gasteiger partial charge in [-0.25, -0.2) is 13.6 Å². The highest BCUT2D eigenvalue weighted by Crippen LogP contribution is 2.28. The number of carbonyl (C=O) groups is 1. The van der Waals surface area contributed by atoms with Gasteiger partial charge in [-0.3, -0.25) is 4.79 Å². The Morgan fingerprint density at radius 2 is 2.00 bits per heavy atom. The van der Waals surface area contributed by atoms with E-state index in [1.54, 1.807) is 16.8 Å². The van der Waals surface area contributed by atoms with Gasteiger partial charge >= 0.3 is 0 Å². The molecule has 0 aliphatic heterocycles. The average Bonchev–Trinajstić information content (AvgIpc) is 2.88. The molecule has 0 aliphatic carbocycles.